The van der Waals surface area contributed by atoms with Gasteiger partial charge in [-0.15, -0.1) is 0 Å². The fraction of sp³-hybridized carbons (Fsp3) is 0.368. The number of alkyl carbamates (subject to hydrolysis) is 1. The van der Waals surface area contributed by atoms with Crippen molar-refractivity contribution in [2.24, 2.45) is 0 Å². The fourth-order valence-electron chi connectivity index (χ4n) is 6.34. The minimum atomic E-state index is -1.46. The summed E-state index contributed by atoms with van der Waals surface area (Å²) in [6, 6.07) is 20.4. The number of carboxylic acid groups (broad SMARTS) is 1. The third-order valence-corrected chi connectivity index (χ3v) is 8.50. The zero-order chi connectivity index (χ0) is 38.2. The second-order valence-electron chi connectivity index (χ2n) is 12.4. The number of esters is 4. The van der Waals surface area contributed by atoms with Gasteiger partial charge in [0.1, 0.15) is 31.1 Å². The molecule has 2 aliphatic rings. The van der Waals surface area contributed by atoms with Crippen molar-refractivity contribution in [3.63, 3.8) is 0 Å². The molecular formula is C38H39NO14. The molecule has 0 spiro atoms. The summed E-state index contributed by atoms with van der Waals surface area (Å²) in [5, 5.41) is 12.3. The molecule has 0 aromatic heterocycles. The fourth-order valence-corrected chi connectivity index (χ4v) is 6.34. The van der Waals surface area contributed by atoms with Crippen LogP contribution in [0.3, 0.4) is 0 Å². The van der Waals surface area contributed by atoms with Crippen LogP contribution in [0.15, 0.2) is 72.8 Å². The SMILES string of the molecule is CC(=O)OCC1O[C@@H](Oc2ccc(C[C@H](NC(=O)OCC3c4ccccc4-c4ccccc43)C(=O)O)cc2)C(OC(C)=O)[C@@H](OC(C)=O)[C@H]1OC(C)=O. The number of hydrogen-bond donors (Lipinski definition) is 2. The molecule has 5 rings (SSSR count). The third kappa shape index (κ3) is 9.68. The van der Waals surface area contributed by atoms with Gasteiger partial charge in [-0.1, -0.05) is 60.7 Å². The van der Waals surface area contributed by atoms with Crippen LogP contribution in [0.2, 0.25) is 0 Å². The summed E-state index contributed by atoms with van der Waals surface area (Å²) in [4.78, 5) is 72.8. The molecule has 53 heavy (non-hydrogen) atoms. The summed E-state index contributed by atoms with van der Waals surface area (Å²) in [5.74, 6) is -4.34. The normalized spacial score (nSPS) is 20.8. The Morgan fingerprint density at radius 3 is 1.77 bits per heavy atom. The Bertz CT molecular complexity index is 1800. The number of fused-ring (bicyclic) bond motifs is 3. The molecule has 1 aliphatic carbocycles. The summed E-state index contributed by atoms with van der Waals surface area (Å²) in [5.41, 5.74) is 4.65. The van der Waals surface area contributed by atoms with Gasteiger partial charge in [0.05, 0.1) is 0 Å². The molecule has 1 fully saturated rings. The maximum absolute atomic E-state index is 12.8. The molecule has 0 saturated carbocycles. The van der Waals surface area contributed by atoms with Crippen LogP contribution in [-0.4, -0.2) is 91.0 Å². The van der Waals surface area contributed by atoms with E-state index in [4.69, 9.17) is 33.2 Å². The number of amides is 1. The molecule has 1 aliphatic heterocycles. The standard InChI is InChI=1S/C38H39NO14/c1-20(40)47-19-32-33(49-21(2)41)34(50-22(3)42)35(51-23(4)43)37(53-32)52-25-15-13-24(14-16-25)17-31(36(44)45)39-38(46)48-18-30-28-11-7-5-9-26(28)27-10-6-8-12-29(27)30/h5-16,30-35,37H,17-19H2,1-4H3,(H,39,46)(H,44,45)/t31-,32?,33-,34-,35?,37+/m0/s1. The van der Waals surface area contributed by atoms with E-state index in [9.17, 15) is 33.9 Å². The van der Waals surface area contributed by atoms with Crippen LogP contribution in [0.25, 0.3) is 11.1 Å². The van der Waals surface area contributed by atoms with Gasteiger partial charge >= 0.3 is 35.9 Å². The number of rotatable bonds is 13. The number of nitrogens with one attached hydrogen (secondary N) is 1. The van der Waals surface area contributed by atoms with E-state index in [1.54, 1.807) is 12.1 Å². The largest absolute Gasteiger partial charge is 0.480 e. The van der Waals surface area contributed by atoms with Gasteiger partial charge in [-0.25, -0.2) is 9.59 Å². The topological polar surface area (TPSA) is 199 Å². The van der Waals surface area contributed by atoms with Gasteiger partial charge in [-0.3, -0.25) is 19.2 Å². The first-order chi connectivity index (χ1) is 25.3. The zero-order valence-electron chi connectivity index (χ0n) is 29.3. The van der Waals surface area contributed by atoms with Crippen LogP contribution in [0.1, 0.15) is 50.3 Å². The van der Waals surface area contributed by atoms with Gasteiger partial charge in [0.25, 0.3) is 0 Å². The van der Waals surface area contributed by atoms with Crippen LogP contribution in [0.5, 0.6) is 5.75 Å². The first kappa shape index (κ1) is 38.3. The average Bonchev–Trinajstić information content (AvgIpc) is 3.42. The molecule has 3 aromatic carbocycles. The lowest BCUT2D eigenvalue weighted by Gasteiger charge is -2.43. The lowest BCUT2D eigenvalue weighted by Crippen LogP contribution is -2.63. The van der Waals surface area contributed by atoms with Gasteiger partial charge < -0.3 is 43.6 Å². The van der Waals surface area contributed by atoms with Crippen molar-refractivity contribution in [3.8, 4) is 16.9 Å². The summed E-state index contributed by atoms with van der Waals surface area (Å²) in [6.45, 7) is 4.07. The summed E-state index contributed by atoms with van der Waals surface area (Å²) >= 11 is 0. The smallest absolute Gasteiger partial charge is 0.407 e. The maximum Gasteiger partial charge on any atom is 0.407 e. The number of ether oxygens (including phenoxy) is 7. The molecule has 1 heterocycles. The third-order valence-electron chi connectivity index (χ3n) is 8.50. The molecule has 15 nitrogen and oxygen atoms in total. The molecule has 1 amide bonds. The molecule has 6 atom stereocenters. The van der Waals surface area contributed by atoms with Crippen LogP contribution >= 0.6 is 0 Å². The highest BCUT2D eigenvalue weighted by atomic mass is 16.7. The number of benzene rings is 3. The lowest BCUT2D eigenvalue weighted by atomic mass is 9.98. The Hall–Kier alpha value is -5.96. The van der Waals surface area contributed by atoms with Crippen molar-refractivity contribution in [3.05, 3.63) is 89.5 Å². The van der Waals surface area contributed by atoms with Crippen LogP contribution in [0, 0.1) is 0 Å². The zero-order valence-corrected chi connectivity index (χ0v) is 29.3. The van der Waals surface area contributed by atoms with E-state index >= 15 is 0 Å². The Labute approximate surface area is 304 Å². The number of carbonyl (C=O) groups excluding carboxylic acids is 5. The predicted molar refractivity (Wildman–Crippen MR) is 182 cm³/mol. The second-order valence-corrected chi connectivity index (χ2v) is 12.4. The monoisotopic (exact) mass is 733 g/mol. The van der Waals surface area contributed by atoms with Crippen LogP contribution in [0.4, 0.5) is 4.79 Å². The Kier molecular flexibility index (Phi) is 12.3. The minimum Gasteiger partial charge on any atom is -0.480 e. The Balaban J connectivity index is 1.26. The molecular weight excluding hydrogens is 694 g/mol. The van der Waals surface area contributed by atoms with E-state index in [0.29, 0.717) is 5.56 Å². The number of hydrogen-bond acceptors (Lipinski definition) is 13. The van der Waals surface area contributed by atoms with Crippen molar-refractivity contribution in [1.82, 2.24) is 5.32 Å². The molecule has 280 valence electrons. The van der Waals surface area contributed by atoms with E-state index in [-0.39, 0.29) is 24.7 Å². The quantitative estimate of drug-likeness (QED) is 0.190. The van der Waals surface area contributed by atoms with Crippen molar-refractivity contribution < 1.29 is 67.0 Å². The van der Waals surface area contributed by atoms with Gasteiger partial charge in [0.2, 0.25) is 12.4 Å². The van der Waals surface area contributed by atoms with Gasteiger partial charge in [0, 0.05) is 40.0 Å². The number of carboxylic acids is 1. The summed E-state index contributed by atoms with van der Waals surface area (Å²) in [6.07, 6.45) is -7.86. The first-order valence-corrected chi connectivity index (χ1v) is 16.7. The van der Waals surface area contributed by atoms with Gasteiger partial charge in [-0.2, -0.15) is 0 Å². The molecule has 0 radical (unpaired) electrons. The minimum absolute atomic E-state index is 0.0114. The summed E-state index contributed by atoms with van der Waals surface area (Å²) in [7, 11) is 0. The van der Waals surface area contributed by atoms with Crippen molar-refractivity contribution in [2.45, 2.75) is 76.8 Å². The molecule has 1 saturated heterocycles. The highest BCUT2D eigenvalue weighted by Gasteiger charge is 2.53. The number of aliphatic carboxylic acids is 1. The van der Waals surface area contributed by atoms with E-state index in [2.05, 4.69) is 5.32 Å². The van der Waals surface area contributed by atoms with Gasteiger partial charge in [0.15, 0.2) is 12.2 Å². The van der Waals surface area contributed by atoms with E-state index in [1.165, 1.54) is 12.1 Å². The average molecular weight is 734 g/mol. The number of carbonyl (C=O) groups is 6. The van der Waals surface area contributed by atoms with Crippen LogP contribution < -0.4 is 10.1 Å². The Morgan fingerprint density at radius 1 is 0.679 bits per heavy atom. The van der Waals surface area contributed by atoms with E-state index < -0.39 is 79.3 Å². The maximum atomic E-state index is 12.8. The Morgan fingerprint density at radius 2 is 1.23 bits per heavy atom. The predicted octanol–water partition coefficient (Wildman–Crippen LogP) is 3.68. The molecule has 2 unspecified atom stereocenters. The van der Waals surface area contributed by atoms with E-state index in [1.807, 2.05) is 48.5 Å². The van der Waals surface area contributed by atoms with Gasteiger partial charge in [-0.05, 0) is 39.9 Å². The van der Waals surface area contributed by atoms with E-state index in [0.717, 1.165) is 49.9 Å². The highest BCUT2D eigenvalue weighted by Crippen LogP contribution is 2.44. The molecule has 0 bridgehead atoms. The lowest BCUT2D eigenvalue weighted by molar-refractivity contribution is -0.288. The summed E-state index contributed by atoms with van der Waals surface area (Å²) < 4.78 is 38.8. The molecule has 2 N–H and O–H groups in total. The molecule has 3 aromatic rings. The van der Waals surface area contributed by atoms with Crippen molar-refractivity contribution in [2.75, 3.05) is 13.2 Å². The van der Waals surface area contributed by atoms with Crippen molar-refractivity contribution in [1.29, 1.82) is 0 Å². The second kappa shape index (κ2) is 17.0. The van der Waals surface area contributed by atoms with Crippen molar-refractivity contribution >= 4 is 35.9 Å². The molecule has 15 heteroatoms. The first-order valence-electron chi connectivity index (χ1n) is 16.7. The highest BCUT2D eigenvalue weighted by molar-refractivity contribution is 5.81. The van der Waals surface area contributed by atoms with Crippen LogP contribution in [-0.2, 0) is 58.8 Å².